The highest BCUT2D eigenvalue weighted by atomic mass is 16.1. The lowest BCUT2D eigenvalue weighted by atomic mass is 10.0. The summed E-state index contributed by atoms with van der Waals surface area (Å²) >= 11 is 0. The molecule has 0 amide bonds. The van der Waals surface area contributed by atoms with Crippen LogP contribution in [0.15, 0.2) is 35.1 Å². The Morgan fingerprint density at radius 1 is 1.39 bits per heavy atom. The first kappa shape index (κ1) is 22.2. The molecule has 3 heterocycles. The minimum Gasteiger partial charge on any atom is -0.378 e. The minimum absolute atomic E-state index is 0.471. The van der Waals surface area contributed by atoms with Crippen LogP contribution in [0, 0.1) is 11.3 Å². The van der Waals surface area contributed by atoms with E-state index in [9.17, 15) is 10.1 Å². The summed E-state index contributed by atoms with van der Waals surface area (Å²) in [4.78, 5) is 27.2. The van der Waals surface area contributed by atoms with E-state index in [1.165, 1.54) is 0 Å². The Balaban J connectivity index is 1.94. The molecule has 0 radical (unpaired) electrons. The number of nitrogens with zero attached hydrogens (tertiary/aromatic N) is 5. The number of allylic oxidation sites excluding steroid dienone is 1. The number of pyridine rings is 2. The standard InChI is InChI=1S/C24H28N6O/c1-4-9-26-20(6-3)15-27-21-12-23(28-14-19(21)13-25)30-10-7-8-18-11-17(5-2)22(16-31)29-24(18)30/h6,9,11-12,14,16H,4-5,7-8,10,15H2,1-3H3,(H,27,28)/b20-6-,26-9-. The number of aromatic nitrogens is 2. The van der Waals surface area contributed by atoms with Crippen molar-refractivity contribution in [3.63, 3.8) is 0 Å². The van der Waals surface area contributed by atoms with Crippen molar-refractivity contribution in [2.45, 2.75) is 46.5 Å². The lowest BCUT2D eigenvalue weighted by Crippen LogP contribution is -2.27. The summed E-state index contributed by atoms with van der Waals surface area (Å²) in [6.45, 7) is 7.27. The number of aliphatic imine (C=N–C) groups is 1. The Hall–Kier alpha value is -3.53. The number of nitriles is 1. The fourth-order valence-electron chi connectivity index (χ4n) is 3.61. The van der Waals surface area contributed by atoms with Gasteiger partial charge in [0.1, 0.15) is 23.4 Å². The second kappa shape index (κ2) is 10.5. The van der Waals surface area contributed by atoms with E-state index >= 15 is 0 Å². The lowest BCUT2D eigenvalue weighted by Gasteiger charge is -2.30. The first-order valence-corrected chi connectivity index (χ1v) is 10.7. The van der Waals surface area contributed by atoms with Crippen molar-refractivity contribution in [1.82, 2.24) is 9.97 Å². The maximum atomic E-state index is 11.5. The first-order valence-electron chi connectivity index (χ1n) is 10.7. The molecule has 1 N–H and O–H groups in total. The van der Waals surface area contributed by atoms with Gasteiger partial charge in [0.25, 0.3) is 0 Å². The highest BCUT2D eigenvalue weighted by molar-refractivity contribution is 5.77. The van der Waals surface area contributed by atoms with Crippen LogP contribution in [0.5, 0.6) is 0 Å². The Morgan fingerprint density at radius 3 is 2.90 bits per heavy atom. The minimum atomic E-state index is 0.471. The van der Waals surface area contributed by atoms with Crippen LogP contribution >= 0.6 is 0 Å². The fourth-order valence-corrected chi connectivity index (χ4v) is 3.61. The summed E-state index contributed by atoms with van der Waals surface area (Å²) in [5.41, 5.74) is 4.64. The summed E-state index contributed by atoms with van der Waals surface area (Å²) in [5, 5.41) is 12.8. The third-order valence-corrected chi connectivity index (χ3v) is 5.29. The van der Waals surface area contributed by atoms with Gasteiger partial charge in [0.15, 0.2) is 6.29 Å². The largest absolute Gasteiger partial charge is 0.378 e. The molecule has 0 unspecified atom stereocenters. The smallest absolute Gasteiger partial charge is 0.168 e. The molecule has 0 aliphatic carbocycles. The Labute approximate surface area is 183 Å². The van der Waals surface area contributed by atoms with E-state index in [0.717, 1.165) is 61.2 Å². The number of nitrogens with one attached hydrogen (secondary N) is 1. The average molecular weight is 417 g/mol. The molecule has 31 heavy (non-hydrogen) atoms. The quantitative estimate of drug-likeness (QED) is 0.499. The molecule has 3 rings (SSSR count). The number of aldehydes is 1. The molecule has 0 fully saturated rings. The molecule has 0 saturated carbocycles. The topological polar surface area (TPSA) is 94.3 Å². The Morgan fingerprint density at radius 2 is 2.23 bits per heavy atom. The average Bonchev–Trinajstić information content (AvgIpc) is 2.82. The number of hydrogen-bond acceptors (Lipinski definition) is 7. The van der Waals surface area contributed by atoms with Gasteiger partial charge in [-0.1, -0.05) is 19.9 Å². The lowest BCUT2D eigenvalue weighted by molar-refractivity contribution is 0.111. The van der Waals surface area contributed by atoms with E-state index in [-0.39, 0.29) is 0 Å². The van der Waals surface area contributed by atoms with Crippen molar-refractivity contribution in [1.29, 1.82) is 5.26 Å². The molecule has 2 aromatic rings. The van der Waals surface area contributed by atoms with Crippen LogP contribution in [-0.2, 0) is 12.8 Å². The van der Waals surface area contributed by atoms with Gasteiger partial charge in [-0.05, 0) is 49.8 Å². The van der Waals surface area contributed by atoms with Gasteiger partial charge in [-0.3, -0.25) is 9.79 Å². The van der Waals surface area contributed by atoms with Crippen molar-refractivity contribution in [3.8, 4) is 6.07 Å². The van der Waals surface area contributed by atoms with Crippen LogP contribution in [0.4, 0.5) is 17.3 Å². The predicted octanol–water partition coefficient (Wildman–Crippen LogP) is 4.60. The number of rotatable bonds is 8. The second-order valence-electron chi connectivity index (χ2n) is 7.30. The highest BCUT2D eigenvalue weighted by Crippen LogP contribution is 2.33. The predicted molar refractivity (Wildman–Crippen MR) is 124 cm³/mol. The highest BCUT2D eigenvalue weighted by Gasteiger charge is 2.23. The van der Waals surface area contributed by atoms with E-state index in [4.69, 9.17) is 0 Å². The molecular formula is C24H28N6O. The fraction of sp³-hybridized carbons (Fsp3) is 0.375. The molecule has 0 aromatic carbocycles. The van der Waals surface area contributed by atoms with E-state index in [2.05, 4.69) is 32.4 Å². The molecule has 0 bridgehead atoms. The van der Waals surface area contributed by atoms with E-state index < -0.39 is 0 Å². The third kappa shape index (κ3) is 4.97. The molecule has 0 spiro atoms. The summed E-state index contributed by atoms with van der Waals surface area (Å²) in [5.74, 6) is 1.48. The van der Waals surface area contributed by atoms with Gasteiger partial charge >= 0.3 is 0 Å². The summed E-state index contributed by atoms with van der Waals surface area (Å²) < 4.78 is 0. The zero-order chi connectivity index (χ0) is 22.2. The van der Waals surface area contributed by atoms with Crippen molar-refractivity contribution in [3.05, 3.63) is 52.5 Å². The van der Waals surface area contributed by atoms with Crippen LogP contribution in [-0.4, -0.2) is 35.6 Å². The molecule has 2 aromatic heterocycles. The van der Waals surface area contributed by atoms with Crippen LogP contribution in [0.1, 0.15) is 60.8 Å². The van der Waals surface area contributed by atoms with Gasteiger partial charge in [-0.25, -0.2) is 9.97 Å². The van der Waals surface area contributed by atoms with Crippen LogP contribution in [0.3, 0.4) is 0 Å². The summed E-state index contributed by atoms with van der Waals surface area (Å²) in [6.07, 6.45) is 9.74. The first-order chi connectivity index (χ1) is 15.1. The van der Waals surface area contributed by atoms with Crippen molar-refractivity contribution >= 4 is 29.8 Å². The van der Waals surface area contributed by atoms with Crippen LogP contribution in [0.2, 0.25) is 0 Å². The number of aryl methyl sites for hydroxylation is 2. The van der Waals surface area contributed by atoms with Gasteiger partial charge in [-0.2, -0.15) is 5.26 Å². The summed E-state index contributed by atoms with van der Waals surface area (Å²) in [7, 11) is 0. The Kier molecular flexibility index (Phi) is 7.50. The zero-order valence-electron chi connectivity index (χ0n) is 18.4. The van der Waals surface area contributed by atoms with Crippen LogP contribution < -0.4 is 10.2 Å². The van der Waals surface area contributed by atoms with Gasteiger partial charge in [0, 0.05) is 25.0 Å². The van der Waals surface area contributed by atoms with Crippen LogP contribution in [0.25, 0.3) is 0 Å². The number of carbonyl (C=O) groups is 1. The number of fused-ring (bicyclic) bond motifs is 1. The van der Waals surface area contributed by atoms with E-state index in [1.807, 2.05) is 44.0 Å². The SMILES string of the molecule is C/C=C(CNc1cc(N2CCCc3cc(CC)c(C=O)nc32)ncc1C#N)\N=C/CC. The molecule has 0 atom stereocenters. The van der Waals surface area contributed by atoms with Gasteiger partial charge in [-0.15, -0.1) is 0 Å². The van der Waals surface area contributed by atoms with Crippen molar-refractivity contribution in [2.24, 2.45) is 4.99 Å². The molecule has 1 aliphatic heterocycles. The Bertz CT molecular complexity index is 1050. The molecular weight excluding hydrogens is 388 g/mol. The third-order valence-electron chi connectivity index (χ3n) is 5.29. The zero-order valence-corrected chi connectivity index (χ0v) is 18.4. The van der Waals surface area contributed by atoms with Gasteiger partial charge in [0.2, 0.25) is 0 Å². The van der Waals surface area contributed by atoms with Crippen molar-refractivity contribution < 1.29 is 4.79 Å². The number of hydrogen-bond donors (Lipinski definition) is 1. The monoisotopic (exact) mass is 416 g/mol. The second-order valence-corrected chi connectivity index (χ2v) is 7.30. The number of carbonyl (C=O) groups excluding carboxylic acids is 1. The maximum absolute atomic E-state index is 11.5. The van der Waals surface area contributed by atoms with E-state index in [1.54, 1.807) is 6.20 Å². The van der Waals surface area contributed by atoms with Crippen molar-refractivity contribution in [2.75, 3.05) is 23.3 Å². The summed E-state index contributed by atoms with van der Waals surface area (Å²) in [6, 6.07) is 6.16. The molecule has 7 heteroatoms. The normalized spacial score (nSPS) is 13.7. The van der Waals surface area contributed by atoms with E-state index in [0.29, 0.717) is 29.3 Å². The molecule has 1 aliphatic rings. The number of anilines is 3. The van der Waals surface area contributed by atoms with Gasteiger partial charge < -0.3 is 10.2 Å². The maximum Gasteiger partial charge on any atom is 0.168 e. The molecule has 0 saturated heterocycles. The molecule has 7 nitrogen and oxygen atoms in total. The van der Waals surface area contributed by atoms with Gasteiger partial charge in [0.05, 0.1) is 23.5 Å². The molecule has 160 valence electrons.